The molecule has 108 valence electrons. The smallest absolute Gasteiger partial charge is 0.0158 e. The van der Waals surface area contributed by atoms with Crippen LogP contribution in [0.15, 0.2) is 12.7 Å². The Balaban J connectivity index is 3.65. The van der Waals surface area contributed by atoms with Crippen LogP contribution in [-0.4, -0.2) is 24.1 Å². The van der Waals surface area contributed by atoms with Crippen LogP contribution in [0.25, 0.3) is 0 Å². The summed E-state index contributed by atoms with van der Waals surface area (Å²) in [6.07, 6.45) is 9.80. The molecule has 0 rings (SSSR count). The quantitative estimate of drug-likeness (QED) is 0.378. The van der Waals surface area contributed by atoms with E-state index in [1.54, 1.807) is 0 Å². The molecular weight excluding hydrogens is 238 g/mol. The summed E-state index contributed by atoms with van der Waals surface area (Å²) in [5.74, 6) is 3.38. The molecule has 0 spiro atoms. The molecule has 0 aliphatic carbocycles. The van der Waals surface area contributed by atoms with Crippen molar-refractivity contribution in [1.82, 2.24) is 5.32 Å². The van der Waals surface area contributed by atoms with Crippen molar-refractivity contribution in [1.29, 1.82) is 0 Å². The fourth-order valence-corrected chi connectivity index (χ4v) is 3.07. The zero-order valence-electron chi connectivity index (χ0n) is 12.7. The van der Waals surface area contributed by atoms with Gasteiger partial charge < -0.3 is 5.32 Å². The minimum Gasteiger partial charge on any atom is -0.313 e. The summed E-state index contributed by atoms with van der Waals surface area (Å²) in [5.41, 5.74) is 0. The molecule has 0 aromatic heterocycles. The second-order valence-electron chi connectivity index (χ2n) is 5.51. The first-order chi connectivity index (χ1) is 8.70. The van der Waals surface area contributed by atoms with Crippen LogP contribution >= 0.6 is 11.8 Å². The Morgan fingerprint density at radius 1 is 1.17 bits per heavy atom. The Morgan fingerprint density at radius 2 is 1.94 bits per heavy atom. The highest BCUT2D eigenvalue weighted by atomic mass is 32.2. The van der Waals surface area contributed by atoms with E-state index < -0.39 is 0 Å². The highest BCUT2D eigenvalue weighted by molar-refractivity contribution is 7.99. The first kappa shape index (κ1) is 18.0. The number of unbranched alkanes of at least 4 members (excludes halogenated alkanes) is 3. The van der Waals surface area contributed by atoms with Gasteiger partial charge in [0.25, 0.3) is 0 Å². The van der Waals surface area contributed by atoms with Gasteiger partial charge in [0.05, 0.1) is 0 Å². The highest BCUT2D eigenvalue weighted by Crippen LogP contribution is 2.13. The number of thioether (sulfide) groups is 1. The summed E-state index contributed by atoms with van der Waals surface area (Å²) in [7, 11) is 0. The molecule has 2 heteroatoms. The highest BCUT2D eigenvalue weighted by Gasteiger charge is 2.07. The van der Waals surface area contributed by atoms with E-state index in [4.69, 9.17) is 0 Å². The van der Waals surface area contributed by atoms with Gasteiger partial charge in [-0.1, -0.05) is 39.7 Å². The summed E-state index contributed by atoms with van der Waals surface area (Å²) in [5, 5.41) is 3.69. The standard InChI is InChI=1S/C16H33NS/c1-5-7-8-9-10-11-16(17-12-6-2)14-18-13-15(3)4/h5,15-17H,1,6-14H2,2-4H3. The zero-order chi connectivity index (χ0) is 13.6. The van der Waals surface area contributed by atoms with Crippen LogP contribution in [0.3, 0.4) is 0 Å². The van der Waals surface area contributed by atoms with Crippen LogP contribution in [0.2, 0.25) is 0 Å². The van der Waals surface area contributed by atoms with E-state index in [0.29, 0.717) is 0 Å². The minimum atomic E-state index is 0.720. The van der Waals surface area contributed by atoms with Crippen molar-refractivity contribution in [2.45, 2.75) is 65.3 Å². The first-order valence-electron chi connectivity index (χ1n) is 7.62. The molecule has 0 aliphatic rings. The maximum atomic E-state index is 3.78. The SMILES string of the molecule is C=CCCCCCC(CSCC(C)C)NCCC. The van der Waals surface area contributed by atoms with Crippen LogP contribution < -0.4 is 5.32 Å². The van der Waals surface area contributed by atoms with Crippen LogP contribution in [0.5, 0.6) is 0 Å². The fourth-order valence-electron chi connectivity index (χ4n) is 1.89. The third-order valence-electron chi connectivity index (χ3n) is 2.91. The summed E-state index contributed by atoms with van der Waals surface area (Å²) in [6.45, 7) is 11.8. The molecule has 0 aromatic carbocycles. The average molecular weight is 272 g/mol. The molecule has 0 bridgehead atoms. The Hall–Kier alpha value is 0.0500. The molecule has 1 unspecified atom stereocenters. The number of hydrogen-bond donors (Lipinski definition) is 1. The Morgan fingerprint density at radius 3 is 2.56 bits per heavy atom. The topological polar surface area (TPSA) is 12.0 Å². The molecule has 0 aliphatic heterocycles. The van der Waals surface area contributed by atoms with Gasteiger partial charge in [-0.2, -0.15) is 11.8 Å². The lowest BCUT2D eigenvalue weighted by molar-refractivity contribution is 0.490. The van der Waals surface area contributed by atoms with Crippen LogP contribution in [-0.2, 0) is 0 Å². The van der Waals surface area contributed by atoms with Crippen molar-refractivity contribution >= 4 is 11.8 Å². The van der Waals surface area contributed by atoms with E-state index in [0.717, 1.165) is 12.0 Å². The van der Waals surface area contributed by atoms with Gasteiger partial charge in [-0.05, 0) is 43.9 Å². The molecule has 0 saturated heterocycles. The first-order valence-corrected chi connectivity index (χ1v) is 8.78. The number of rotatable bonds is 13. The predicted octanol–water partition coefficient (Wildman–Crippen LogP) is 4.88. The monoisotopic (exact) mass is 271 g/mol. The molecule has 0 radical (unpaired) electrons. The molecule has 0 heterocycles. The fraction of sp³-hybridized carbons (Fsp3) is 0.875. The van der Waals surface area contributed by atoms with Gasteiger partial charge in [0.15, 0.2) is 0 Å². The van der Waals surface area contributed by atoms with E-state index in [2.05, 4.69) is 44.4 Å². The van der Waals surface area contributed by atoms with Gasteiger partial charge >= 0.3 is 0 Å². The van der Waals surface area contributed by atoms with E-state index in [-0.39, 0.29) is 0 Å². The normalized spacial score (nSPS) is 12.9. The molecule has 18 heavy (non-hydrogen) atoms. The van der Waals surface area contributed by atoms with Crippen molar-refractivity contribution in [2.75, 3.05) is 18.1 Å². The molecule has 0 fully saturated rings. The molecule has 0 aromatic rings. The zero-order valence-corrected chi connectivity index (χ0v) is 13.5. The molecule has 1 atom stereocenters. The lowest BCUT2D eigenvalue weighted by Gasteiger charge is -2.18. The molecule has 0 amide bonds. The van der Waals surface area contributed by atoms with Gasteiger partial charge in [-0.3, -0.25) is 0 Å². The van der Waals surface area contributed by atoms with Crippen molar-refractivity contribution in [2.24, 2.45) is 5.92 Å². The Bertz CT molecular complexity index is 180. The van der Waals surface area contributed by atoms with Gasteiger partial charge in [0.1, 0.15) is 0 Å². The molecular formula is C16H33NS. The minimum absolute atomic E-state index is 0.720. The molecule has 0 saturated carbocycles. The predicted molar refractivity (Wildman–Crippen MR) is 87.5 cm³/mol. The lowest BCUT2D eigenvalue weighted by atomic mass is 10.1. The summed E-state index contributed by atoms with van der Waals surface area (Å²) in [6, 6.07) is 0.720. The van der Waals surface area contributed by atoms with Gasteiger partial charge in [0, 0.05) is 11.8 Å². The van der Waals surface area contributed by atoms with Crippen LogP contribution in [0, 0.1) is 5.92 Å². The third kappa shape index (κ3) is 12.5. The second-order valence-corrected chi connectivity index (χ2v) is 6.58. The van der Waals surface area contributed by atoms with Gasteiger partial charge in [-0.25, -0.2) is 0 Å². The maximum Gasteiger partial charge on any atom is 0.0158 e. The van der Waals surface area contributed by atoms with E-state index in [9.17, 15) is 0 Å². The Kier molecular flexibility index (Phi) is 13.5. The van der Waals surface area contributed by atoms with E-state index in [1.165, 1.54) is 56.6 Å². The number of nitrogens with one attached hydrogen (secondary N) is 1. The lowest BCUT2D eigenvalue weighted by Crippen LogP contribution is -2.32. The van der Waals surface area contributed by atoms with E-state index >= 15 is 0 Å². The third-order valence-corrected chi connectivity index (χ3v) is 4.45. The summed E-state index contributed by atoms with van der Waals surface area (Å²) < 4.78 is 0. The molecule has 1 N–H and O–H groups in total. The molecule has 1 nitrogen and oxygen atoms in total. The number of hydrogen-bond acceptors (Lipinski definition) is 2. The van der Waals surface area contributed by atoms with Crippen LogP contribution in [0.4, 0.5) is 0 Å². The van der Waals surface area contributed by atoms with Crippen molar-refractivity contribution in [3.8, 4) is 0 Å². The van der Waals surface area contributed by atoms with Crippen LogP contribution in [0.1, 0.15) is 59.3 Å². The average Bonchev–Trinajstić information content (AvgIpc) is 2.34. The van der Waals surface area contributed by atoms with Gasteiger partial charge in [-0.15, -0.1) is 6.58 Å². The van der Waals surface area contributed by atoms with Crippen molar-refractivity contribution < 1.29 is 0 Å². The summed E-state index contributed by atoms with van der Waals surface area (Å²) >= 11 is 2.11. The summed E-state index contributed by atoms with van der Waals surface area (Å²) in [4.78, 5) is 0. The largest absolute Gasteiger partial charge is 0.313 e. The van der Waals surface area contributed by atoms with E-state index in [1.807, 2.05) is 6.08 Å². The second kappa shape index (κ2) is 13.5. The van der Waals surface area contributed by atoms with Crippen molar-refractivity contribution in [3.63, 3.8) is 0 Å². The number of allylic oxidation sites excluding steroid dienone is 1. The Labute approximate surface area is 119 Å². The van der Waals surface area contributed by atoms with Gasteiger partial charge in [0.2, 0.25) is 0 Å². The maximum absolute atomic E-state index is 3.78. The van der Waals surface area contributed by atoms with Crippen molar-refractivity contribution in [3.05, 3.63) is 12.7 Å².